The smallest absolute Gasteiger partial charge is 0.258 e. The Balaban J connectivity index is 0.00000304. The number of halogens is 1. The van der Waals surface area contributed by atoms with Gasteiger partial charge in [-0.2, -0.15) is 5.10 Å². The van der Waals surface area contributed by atoms with Crippen molar-refractivity contribution in [1.82, 2.24) is 24.1 Å². The molecule has 5 rings (SSSR count). The highest BCUT2D eigenvalue weighted by molar-refractivity contribution is 5.85. The number of hydrogen-bond acceptors (Lipinski definition) is 5. The first kappa shape index (κ1) is 25.5. The van der Waals surface area contributed by atoms with E-state index in [1.807, 2.05) is 70.4 Å². The van der Waals surface area contributed by atoms with Gasteiger partial charge >= 0.3 is 0 Å². The predicted molar refractivity (Wildman–Crippen MR) is 142 cm³/mol. The molecule has 9 heteroatoms. The van der Waals surface area contributed by atoms with Gasteiger partial charge in [-0.3, -0.25) is 23.7 Å². The Hall–Kier alpha value is -3.62. The van der Waals surface area contributed by atoms with E-state index in [0.717, 1.165) is 61.4 Å². The Labute approximate surface area is 216 Å². The van der Waals surface area contributed by atoms with Crippen LogP contribution in [0.4, 0.5) is 0 Å². The zero-order valence-electron chi connectivity index (χ0n) is 20.2. The van der Waals surface area contributed by atoms with E-state index in [-0.39, 0.29) is 23.9 Å². The Kier molecular flexibility index (Phi) is 8.07. The van der Waals surface area contributed by atoms with E-state index in [1.165, 1.54) is 6.07 Å². The largest absolute Gasteiger partial charge is 0.489 e. The van der Waals surface area contributed by atoms with Gasteiger partial charge in [-0.15, -0.1) is 12.4 Å². The molecule has 0 N–H and O–H groups in total. The van der Waals surface area contributed by atoms with Crippen LogP contribution in [0.1, 0.15) is 12.5 Å². The molecule has 3 heterocycles. The van der Waals surface area contributed by atoms with E-state index >= 15 is 0 Å². The lowest BCUT2D eigenvalue weighted by Gasteiger charge is -2.34. The highest BCUT2D eigenvalue weighted by atomic mass is 35.5. The molecule has 0 bridgehead atoms. The number of fused-ring (bicyclic) bond motifs is 1. The van der Waals surface area contributed by atoms with Crippen LogP contribution < -0.4 is 10.3 Å². The SMILES string of the molecule is CC(=O)N1CCN(CCn2ncc3cc(-n4ccc(OCc5ccccc5)cc4=O)ccc32)CC1.Cl. The van der Waals surface area contributed by atoms with Crippen LogP contribution in [0.25, 0.3) is 16.6 Å². The Morgan fingerprint density at radius 1 is 0.972 bits per heavy atom. The summed E-state index contributed by atoms with van der Waals surface area (Å²) in [5.41, 5.74) is 2.73. The number of rotatable bonds is 7. The summed E-state index contributed by atoms with van der Waals surface area (Å²) >= 11 is 0. The van der Waals surface area contributed by atoms with Gasteiger partial charge in [0.2, 0.25) is 5.91 Å². The number of carbonyl (C=O) groups is 1. The number of piperazine rings is 1. The summed E-state index contributed by atoms with van der Waals surface area (Å²) in [7, 11) is 0. The quantitative estimate of drug-likeness (QED) is 0.383. The maximum absolute atomic E-state index is 12.8. The van der Waals surface area contributed by atoms with E-state index in [9.17, 15) is 9.59 Å². The second-order valence-corrected chi connectivity index (χ2v) is 8.80. The van der Waals surface area contributed by atoms with Gasteiger partial charge in [0.15, 0.2) is 0 Å². The van der Waals surface area contributed by atoms with Crippen LogP contribution in [0, 0.1) is 0 Å². The van der Waals surface area contributed by atoms with Crippen LogP contribution in [0.15, 0.2) is 77.9 Å². The number of nitrogens with zero attached hydrogens (tertiary/aromatic N) is 5. The zero-order chi connectivity index (χ0) is 24.2. The Morgan fingerprint density at radius 2 is 1.75 bits per heavy atom. The zero-order valence-corrected chi connectivity index (χ0v) is 21.1. The van der Waals surface area contributed by atoms with Crippen LogP contribution in [0.5, 0.6) is 5.75 Å². The summed E-state index contributed by atoms with van der Waals surface area (Å²) in [6.45, 7) is 7.04. The van der Waals surface area contributed by atoms with Gasteiger partial charge in [-0.25, -0.2) is 0 Å². The molecule has 1 amide bonds. The maximum Gasteiger partial charge on any atom is 0.258 e. The highest BCUT2D eigenvalue weighted by Gasteiger charge is 2.18. The number of carbonyl (C=O) groups excluding carboxylic acids is 1. The summed E-state index contributed by atoms with van der Waals surface area (Å²) < 4.78 is 9.39. The van der Waals surface area contributed by atoms with Gasteiger partial charge in [-0.1, -0.05) is 30.3 Å². The first-order valence-electron chi connectivity index (χ1n) is 11.9. The monoisotopic (exact) mass is 507 g/mol. The van der Waals surface area contributed by atoms with Crippen LogP contribution >= 0.6 is 12.4 Å². The molecule has 0 saturated carbocycles. The molecule has 0 atom stereocenters. The third-order valence-electron chi connectivity index (χ3n) is 6.49. The number of ether oxygens (including phenoxy) is 1. The Bertz CT molecular complexity index is 1380. The van der Waals surface area contributed by atoms with E-state index in [1.54, 1.807) is 17.7 Å². The van der Waals surface area contributed by atoms with E-state index in [4.69, 9.17) is 4.74 Å². The van der Waals surface area contributed by atoms with Crippen molar-refractivity contribution in [3.8, 4) is 11.4 Å². The van der Waals surface area contributed by atoms with E-state index in [2.05, 4.69) is 10.00 Å². The molecular weight excluding hydrogens is 478 g/mol. The minimum Gasteiger partial charge on any atom is -0.489 e. The summed E-state index contributed by atoms with van der Waals surface area (Å²) in [6.07, 6.45) is 3.59. The molecule has 36 heavy (non-hydrogen) atoms. The third-order valence-corrected chi connectivity index (χ3v) is 6.49. The van der Waals surface area contributed by atoms with Crippen LogP contribution in [0.3, 0.4) is 0 Å². The number of pyridine rings is 1. The lowest BCUT2D eigenvalue weighted by atomic mass is 10.2. The standard InChI is InChI=1S/C27H29N5O3.ClH/c1-21(33)30-14-11-29(12-15-30)13-16-32-26-8-7-24(17-23(26)19-28-32)31-10-9-25(18-27(31)34)35-20-22-5-3-2-4-6-22;/h2-10,17-19H,11-16,20H2,1H3;1H. The fourth-order valence-electron chi connectivity index (χ4n) is 4.43. The molecule has 2 aromatic heterocycles. The molecule has 1 saturated heterocycles. The van der Waals surface area contributed by atoms with E-state index < -0.39 is 0 Å². The molecule has 0 aliphatic carbocycles. The minimum absolute atomic E-state index is 0. The fourth-order valence-corrected chi connectivity index (χ4v) is 4.43. The van der Waals surface area contributed by atoms with Crippen LogP contribution in [-0.4, -0.2) is 62.8 Å². The van der Waals surface area contributed by atoms with Crippen molar-refractivity contribution >= 4 is 29.2 Å². The van der Waals surface area contributed by atoms with Gasteiger partial charge < -0.3 is 9.64 Å². The topological polar surface area (TPSA) is 72.6 Å². The maximum atomic E-state index is 12.8. The Morgan fingerprint density at radius 3 is 2.47 bits per heavy atom. The molecule has 188 valence electrons. The van der Waals surface area contributed by atoms with Crippen molar-refractivity contribution < 1.29 is 9.53 Å². The van der Waals surface area contributed by atoms with Crippen molar-refractivity contribution in [2.45, 2.75) is 20.1 Å². The molecule has 0 unspecified atom stereocenters. The van der Waals surface area contributed by atoms with E-state index in [0.29, 0.717) is 12.4 Å². The third kappa shape index (κ3) is 5.78. The molecule has 4 aromatic rings. The second kappa shape index (κ2) is 11.4. The number of aromatic nitrogens is 3. The van der Waals surface area contributed by atoms with Crippen molar-refractivity contribution in [3.05, 3.63) is 89.0 Å². The predicted octanol–water partition coefficient (Wildman–Crippen LogP) is 3.35. The fraction of sp³-hybridized carbons (Fsp3) is 0.296. The lowest BCUT2D eigenvalue weighted by Crippen LogP contribution is -2.48. The number of benzene rings is 2. The number of hydrogen-bond donors (Lipinski definition) is 0. The second-order valence-electron chi connectivity index (χ2n) is 8.80. The van der Waals surface area contributed by atoms with Gasteiger partial charge in [0.25, 0.3) is 5.56 Å². The van der Waals surface area contributed by atoms with Gasteiger partial charge in [0.05, 0.1) is 18.3 Å². The molecule has 0 radical (unpaired) electrons. The minimum atomic E-state index is -0.146. The number of amides is 1. The van der Waals surface area contributed by atoms with Gasteiger partial charge in [0, 0.05) is 63.0 Å². The molecule has 1 aliphatic heterocycles. The highest BCUT2D eigenvalue weighted by Crippen LogP contribution is 2.19. The molecule has 2 aromatic carbocycles. The van der Waals surface area contributed by atoms with Crippen molar-refractivity contribution in [3.63, 3.8) is 0 Å². The molecule has 1 aliphatic rings. The van der Waals surface area contributed by atoms with Crippen molar-refractivity contribution in [2.75, 3.05) is 32.7 Å². The molecule has 0 spiro atoms. The summed E-state index contributed by atoms with van der Waals surface area (Å²) in [4.78, 5) is 28.5. The summed E-state index contributed by atoms with van der Waals surface area (Å²) in [5.74, 6) is 0.695. The molecule has 1 fully saturated rings. The molecule has 8 nitrogen and oxygen atoms in total. The van der Waals surface area contributed by atoms with Crippen LogP contribution in [-0.2, 0) is 17.9 Å². The lowest BCUT2D eigenvalue weighted by molar-refractivity contribution is -0.130. The first-order valence-corrected chi connectivity index (χ1v) is 11.9. The van der Waals surface area contributed by atoms with Crippen molar-refractivity contribution in [1.29, 1.82) is 0 Å². The average molecular weight is 508 g/mol. The average Bonchev–Trinajstić information content (AvgIpc) is 3.29. The van der Waals surface area contributed by atoms with Crippen LogP contribution in [0.2, 0.25) is 0 Å². The normalized spacial score (nSPS) is 14.0. The summed E-state index contributed by atoms with van der Waals surface area (Å²) in [6, 6.07) is 19.1. The summed E-state index contributed by atoms with van der Waals surface area (Å²) in [5, 5.41) is 5.55. The van der Waals surface area contributed by atoms with Gasteiger partial charge in [-0.05, 0) is 29.8 Å². The first-order chi connectivity index (χ1) is 17.1. The van der Waals surface area contributed by atoms with Gasteiger partial charge in [0.1, 0.15) is 12.4 Å². The molecular formula is C27H30ClN5O3. The van der Waals surface area contributed by atoms with Crippen molar-refractivity contribution in [2.24, 2.45) is 0 Å².